The molecule has 10 heteroatoms. The van der Waals surface area contributed by atoms with Crippen LogP contribution in [-0.2, 0) is 22.2 Å². The summed E-state index contributed by atoms with van der Waals surface area (Å²) in [5, 5.41) is 2.42. The van der Waals surface area contributed by atoms with Crippen molar-refractivity contribution in [3.05, 3.63) is 34.9 Å². The van der Waals surface area contributed by atoms with Crippen molar-refractivity contribution in [2.75, 3.05) is 32.9 Å². The van der Waals surface area contributed by atoms with Gasteiger partial charge < -0.3 is 19.7 Å². The minimum absolute atomic E-state index is 0.0971. The molecule has 1 unspecified atom stereocenters. The Hall–Kier alpha value is -1.94. The molecule has 1 aromatic rings. The van der Waals surface area contributed by atoms with Crippen LogP contribution in [0.4, 0.5) is 26.7 Å². The van der Waals surface area contributed by atoms with Gasteiger partial charge in [-0.15, -0.1) is 0 Å². The molecule has 0 radical (unpaired) electrons. The van der Waals surface area contributed by atoms with E-state index in [1.54, 1.807) is 0 Å². The quantitative estimate of drug-likeness (QED) is 0.785. The SMILES string of the molecule is O=C(NCc1cc(F)c(C(F)(F)F)cc1F)N1CCOC2(CCCOC2)C1. The molecule has 3 rings (SSSR count). The maximum Gasteiger partial charge on any atom is 0.419 e. The van der Waals surface area contributed by atoms with Crippen molar-refractivity contribution in [1.29, 1.82) is 0 Å². The Kier molecular flexibility index (Phi) is 5.57. The second kappa shape index (κ2) is 7.59. The number of alkyl halides is 3. The van der Waals surface area contributed by atoms with Crippen molar-refractivity contribution in [3.8, 4) is 0 Å². The highest BCUT2D eigenvalue weighted by Gasteiger charge is 2.40. The second-order valence-corrected chi connectivity index (χ2v) is 6.69. The average molecular weight is 394 g/mol. The fraction of sp³-hybridized carbons (Fsp3) is 0.588. The summed E-state index contributed by atoms with van der Waals surface area (Å²) < 4.78 is 76.4. The molecular weight excluding hydrogens is 375 g/mol. The van der Waals surface area contributed by atoms with Gasteiger partial charge in [-0.05, 0) is 25.0 Å². The average Bonchev–Trinajstić information content (AvgIpc) is 2.61. The zero-order valence-corrected chi connectivity index (χ0v) is 14.4. The van der Waals surface area contributed by atoms with Gasteiger partial charge >= 0.3 is 12.2 Å². The van der Waals surface area contributed by atoms with Crippen LogP contribution >= 0.6 is 0 Å². The lowest BCUT2D eigenvalue weighted by molar-refractivity contribution is -0.160. The lowest BCUT2D eigenvalue weighted by atomic mass is 9.94. The number of urea groups is 1. The van der Waals surface area contributed by atoms with Crippen LogP contribution in [0.5, 0.6) is 0 Å². The molecule has 5 nitrogen and oxygen atoms in total. The lowest BCUT2D eigenvalue weighted by Gasteiger charge is -2.44. The third-order valence-electron chi connectivity index (χ3n) is 4.69. The van der Waals surface area contributed by atoms with Crippen LogP contribution in [0.1, 0.15) is 24.0 Å². The van der Waals surface area contributed by atoms with Gasteiger partial charge in [-0.2, -0.15) is 13.2 Å². The second-order valence-electron chi connectivity index (χ2n) is 6.69. The van der Waals surface area contributed by atoms with E-state index in [2.05, 4.69) is 5.32 Å². The van der Waals surface area contributed by atoms with E-state index in [1.807, 2.05) is 0 Å². The van der Waals surface area contributed by atoms with Gasteiger partial charge in [0.15, 0.2) is 0 Å². The Morgan fingerprint density at radius 2 is 2.00 bits per heavy atom. The molecule has 2 aliphatic rings. The number of carbonyl (C=O) groups is 1. The topological polar surface area (TPSA) is 50.8 Å². The van der Waals surface area contributed by atoms with E-state index in [0.29, 0.717) is 39.0 Å². The van der Waals surface area contributed by atoms with Gasteiger partial charge in [0.2, 0.25) is 0 Å². The Morgan fingerprint density at radius 3 is 2.67 bits per heavy atom. The number of nitrogens with zero attached hydrogens (tertiary/aromatic N) is 1. The summed E-state index contributed by atoms with van der Waals surface area (Å²) in [4.78, 5) is 13.8. The number of nitrogens with one attached hydrogen (secondary N) is 1. The summed E-state index contributed by atoms with van der Waals surface area (Å²) in [5.41, 5.74) is -2.61. The van der Waals surface area contributed by atoms with E-state index in [9.17, 15) is 26.7 Å². The number of rotatable bonds is 2. The number of carbonyl (C=O) groups excluding carboxylic acids is 1. The summed E-state index contributed by atoms with van der Waals surface area (Å²) in [6.07, 6.45) is -3.43. The molecule has 1 spiro atoms. The first-order valence-electron chi connectivity index (χ1n) is 8.50. The first kappa shape index (κ1) is 19.8. The van der Waals surface area contributed by atoms with Gasteiger partial charge in [0.05, 0.1) is 25.3 Å². The number of benzene rings is 1. The molecule has 0 saturated carbocycles. The van der Waals surface area contributed by atoms with E-state index in [-0.39, 0.29) is 11.6 Å². The minimum Gasteiger partial charge on any atom is -0.378 e. The number of amides is 2. The highest BCUT2D eigenvalue weighted by atomic mass is 19.4. The third kappa shape index (κ3) is 4.49. The van der Waals surface area contributed by atoms with Gasteiger partial charge in [-0.3, -0.25) is 0 Å². The Balaban J connectivity index is 1.63. The van der Waals surface area contributed by atoms with Crippen molar-refractivity contribution in [1.82, 2.24) is 10.2 Å². The fourth-order valence-electron chi connectivity index (χ4n) is 3.31. The third-order valence-corrected chi connectivity index (χ3v) is 4.69. The summed E-state index contributed by atoms with van der Waals surface area (Å²) in [6.45, 7) is 1.51. The van der Waals surface area contributed by atoms with Gasteiger partial charge in [0, 0.05) is 25.3 Å². The molecule has 0 aliphatic carbocycles. The molecule has 27 heavy (non-hydrogen) atoms. The smallest absolute Gasteiger partial charge is 0.378 e. The van der Waals surface area contributed by atoms with Crippen LogP contribution in [0.3, 0.4) is 0 Å². The molecule has 0 bridgehead atoms. The summed E-state index contributed by atoms with van der Waals surface area (Å²) in [5.74, 6) is -2.82. The normalized spacial score (nSPS) is 23.5. The largest absolute Gasteiger partial charge is 0.419 e. The van der Waals surface area contributed by atoms with Gasteiger partial charge in [0.1, 0.15) is 17.2 Å². The van der Waals surface area contributed by atoms with E-state index in [1.165, 1.54) is 4.90 Å². The monoisotopic (exact) mass is 394 g/mol. The summed E-state index contributed by atoms with van der Waals surface area (Å²) >= 11 is 0. The standard InChI is InChI=1S/C17H19F5N2O3/c18-13-7-12(17(20,21)22)14(19)6-11(13)8-23-15(25)24-3-5-27-16(9-24)2-1-4-26-10-16/h6-7H,1-5,8-10H2,(H,23,25). The van der Waals surface area contributed by atoms with Gasteiger partial charge in [-0.1, -0.05) is 0 Å². The highest BCUT2D eigenvalue weighted by Crippen LogP contribution is 2.32. The number of hydrogen-bond acceptors (Lipinski definition) is 3. The zero-order chi connectivity index (χ0) is 19.7. The van der Waals surface area contributed by atoms with Crippen molar-refractivity contribution in [2.45, 2.75) is 31.2 Å². The maximum atomic E-state index is 13.9. The molecule has 1 aromatic carbocycles. The number of ether oxygens (including phenoxy) is 2. The zero-order valence-electron chi connectivity index (χ0n) is 14.4. The van der Waals surface area contributed by atoms with Crippen molar-refractivity contribution in [2.24, 2.45) is 0 Å². The van der Waals surface area contributed by atoms with Crippen LogP contribution in [-0.4, -0.2) is 49.4 Å². The molecule has 2 saturated heterocycles. The molecule has 2 heterocycles. The fourth-order valence-corrected chi connectivity index (χ4v) is 3.31. The van der Waals surface area contributed by atoms with E-state index >= 15 is 0 Å². The van der Waals surface area contributed by atoms with Crippen LogP contribution < -0.4 is 5.32 Å². The number of morpholine rings is 1. The van der Waals surface area contributed by atoms with Crippen molar-refractivity contribution < 1.29 is 36.2 Å². The first-order chi connectivity index (χ1) is 12.7. The van der Waals surface area contributed by atoms with Crippen LogP contribution in [0.2, 0.25) is 0 Å². The number of hydrogen-bond donors (Lipinski definition) is 1. The molecule has 2 fully saturated rings. The predicted molar refractivity (Wildman–Crippen MR) is 83.9 cm³/mol. The van der Waals surface area contributed by atoms with Crippen LogP contribution in [0, 0.1) is 11.6 Å². The predicted octanol–water partition coefficient (Wildman–Crippen LogP) is 3.07. The molecular formula is C17H19F5N2O3. The van der Waals surface area contributed by atoms with E-state index in [0.717, 1.165) is 12.8 Å². The van der Waals surface area contributed by atoms with Crippen LogP contribution in [0.15, 0.2) is 12.1 Å². The molecule has 1 N–H and O–H groups in total. The lowest BCUT2D eigenvalue weighted by Crippen LogP contribution is -2.58. The van der Waals surface area contributed by atoms with Crippen molar-refractivity contribution >= 4 is 6.03 Å². The Labute approximate surface area is 152 Å². The number of halogens is 5. The Bertz CT molecular complexity index is 699. The highest BCUT2D eigenvalue weighted by molar-refractivity contribution is 5.74. The summed E-state index contributed by atoms with van der Waals surface area (Å²) in [7, 11) is 0. The van der Waals surface area contributed by atoms with Crippen LogP contribution in [0.25, 0.3) is 0 Å². The Morgan fingerprint density at radius 1 is 1.22 bits per heavy atom. The molecule has 150 valence electrons. The minimum atomic E-state index is -4.99. The molecule has 1 atom stereocenters. The van der Waals surface area contributed by atoms with Gasteiger partial charge in [-0.25, -0.2) is 13.6 Å². The van der Waals surface area contributed by atoms with E-state index < -0.39 is 41.6 Å². The summed E-state index contributed by atoms with van der Waals surface area (Å²) in [6, 6.07) is 0.0247. The molecule has 2 aliphatic heterocycles. The van der Waals surface area contributed by atoms with E-state index in [4.69, 9.17) is 9.47 Å². The molecule has 0 aromatic heterocycles. The first-order valence-corrected chi connectivity index (χ1v) is 8.50. The van der Waals surface area contributed by atoms with Crippen molar-refractivity contribution in [3.63, 3.8) is 0 Å². The molecule has 2 amide bonds. The maximum absolute atomic E-state index is 13.9. The van der Waals surface area contributed by atoms with Gasteiger partial charge in [0.25, 0.3) is 0 Å².